The minimum Gasteiger partial charge on any atom is -0.459 e. The first-order valence-electron chi connectivity index (χ1n) is 9.60. The summed E-state index contributed by atoms with van der Waals surface area (Å²) in [7, 11) is -1.60. The number of aryl methyl sites for hydroxylation is 1. The van der Waals surface area contributed by atoms with Crippen LogP contribution in [0.2, 0.25) is 0 Å². The maximum atomic E-state index is 13.1. The van der Waals surface area contributed by atoms with Crippen LogP contribution in [0.15, 0.2) is 70.2 Å². The Morgan fingerprint density at radius 1 is 1.06 bits per heavy atom. The van der Waals surface area contributed by atoms with E-state index in [0.717, 1.165) is 17.4 Å². The number of sulfone groups is 1. The van der Waals surface area contributed by atoms with Crippen molar-refractivity contribution in [3.8, 4) is 0 Å². The summed E-state index contributed by atoms with van der Waals surface area (Å²) < 4.78 is 28.4. The predicted octanol–water partition coefficient (Wildman–Crippen LogP) is 4.08. The molecule has 0 fully saturated rings. The number of rotatable bonds is 6. The third-order valence-electron chi connectivity index (χ3n) is 5.17. The Balaban J connectivity index is 1.79. The highest BCUT2D eigenvalue weighted by Crippen LogP contribution is 2.24. The number of anilines is 1. The Morgan fingerprint density at radius 2 is 1.74 bits per heavy atom. The van der Waals surface area contributed by atoms with Crippen LogP contribution in [0.5, 0.6) is 0 Å². The van der Waals surface area contributed by atoms with Gasteiger partial charge in [-0.05, 0) is 61.4 Å². The van der Waals surface area contributed by atoms with E-state index in [1.807, 2.05) is 13.8 Å². The molecule has 31 heavy (non-hydrogen) atoms. The lowest BCUT2D eigenvalue weighted by Gasteiger charge is -2.26. The van der Waals surface area contributed by atoms with Crippen LogP contribution in [-0.2, 0) is 9.84 Å². The zero-order valence-electron chi connectivity index (χ0n) is 17.7. The number of benzene rings is 2. The molecule has 3 rings (SSSR count). The van der Waals surface area contributed by atoms with Crippen molar-refractivity contribution in [1.82, 2.24) is 4.90 Å². The van der Waals surface area contributed by atoms with Gasteiger partial charge >= 0.3 is 0 Å². The van der Waals surface area contributed by atoms with E-state index in [4.69, 9.17) is 4.42 Å². The number of nitrogens with zero attached hydrogens (tertiary/aromatic N) is 1. The Bertz CT molecular complexity index is 1200. The molecule has 2 amide bonds. The molecule has 1 N–H and O–H groups in total. The maximum Gasteiger partial charge on any atom is 0.291 e. The summed E-state index contributed by atoms with van der Waals surface area (Å²) in [5.41, 5.74) is 2.55. The van der Waals surface area contributed by atoms with Gasteiger partial charge in [0.25, 0.3) is 11.8 Å². The number of furan rings is 1. The van der Waals surface area contributed by atoms with E-state index in [1.165, 1.54) is 18.4 Å². The molecule has 3 aromatic rings. The van der Waals surface area contributed by atoms with E-state index in [9.17, 15) is 18.0 Å². The zero-order valence-corrected chi connectivity index (χ0v) is 18.6. The van der Waals surface area contributed by atoms with Crippen LogP contribution in [-0.4, -0.2) is 38.4 Å². The molecule has 0 saturated heterocycles. The van der Waals surface area contributed by atoms with Crippen LogP contribution < -0.4 is 5.32 Å². The number of amides is 2. The molecule has 1 aromatic heterocycles. The molecule has 162 valence electrons. The standard InChI is InChI=1S/C23H24N2O5S/c1-15-7-8-18(14-20(15)24-22(26)21-6-5-13-30-21)23(27)25(3)16(2)17-9-11-19(12-10-17)31(4,28)29/h5-14,16H,1-4H3,(H,24,26). The average molecular weight is 441 g/mol. The number of carbonyl (C=O) groups excluding carboxylic acids is 2. The molecule has 0 aliphatic heterocycles. The molecule has 1 heterocycles. The van der Waals surface area contributed by atoms with E-state index in [-0.39, 0.29) is 22.6 Å². The van der Waals surface area contributed by atoms with Crippen molar-refractivity contribution < 1.29 is 22.4 Å². The molecule has 0 aliphatic rings. The Kier molecular flexibility index (Phi) is 6.31. The molecule has 0 radical (unpaired) electrons. The normalized spacial score (nSPS) is 12.3. The van der Waals surface area contributed by atoms with Crippen molar-refractivity contribution in [2.75, 3.05) is 18.6 Å². The van der Waals surface area contributed by atoms with E-state index < -0.39 is 15.7 Å². The van der Waals surface area contributed by atoms with E-state index in [2.05, 4.69) is 5.32 Å². The number of carbonyl (C=O) groups is 2. The third kappa shape index (κ3) is 5.03. The molecule has 0 aliphatic carbocycles. The first-order chi connectivity index (χ1) is 14.6. The second kappa shape index (κ2) is 8.77. The topological polar surface area (TPSA) is 96.7 Å². The molecule has 1 unspecified atom stereocenters. The SMILES string of the molecule is Cc1ccc(C(=O)N(C)C(C)c2ccc(S(C)(=O)=O)cc2)cc1NC(=O)c1ccco1. The van der Waals surface area contributed by atoms with Gasteiger partial charge in [-0.15, -0.1) is 0 Å². The van der Waals surface area contributed by atoms with E-state index >= 15 is 0 Å². The highest BCUT2D eigenvalue weighted by molar-refractivity contribution is 7.90. The lowest BCUT2D eigenvalue weighted by Crippen LogP contribution is -2.29. The summed E-state index contributed by atoms with van der Waals surface area (Å²) in [5, 5.41) is 2.77. The van der Waals surface area contributed by atoms with Crippen LogP contribution in [0.3, 0.4) is 0 Å². The van der Waals surface area contributed by atoms with Gasteiger partial charge in [-0.3, -0.25) is 9.59 Å². The van der Waals surface area contributed by atoms with Crippen LogP contribution in [0.4, 0.5) is 5.69 Å². The first kappa shape index (κ1) is 22.3. The van der Waals surface area contributed by atoms with Crippen LogP contribution in [0.25, 0.3) is 0 Å². The summed E-state index contributed by atoms with van der Waals surface area (Å²) in [6.45, 7) is 3.70. The quantitative estimate of drug-likeness (QED) is 0.623. The highest BCUT2D eigenvalue weighted by atomic mass is 32.2. The predicted molar refractivity (Wildman–Crippen MR) is 118 cm³/mol. The van der Waals surface area contributed by atoms with Crippen molar-refractivity contribution in [2.24, 2.45) is 0 Å². The second-order valence-corrected chi connectivity index (χ2v) is 9.41. The fraction of sp³-hybridized carbons (Fsp3) is 0.217. The Morgan fingerprint density at radius 3 is 2.32 bits per heavy atom. The minimum absolute atomic E-state index is 0.180. The number of hydrogen-bond donors (Lipinski definition) is 1. The molecule has 0 saturated carbocycles. The number of nitrogens with one attached hydrogen (secondary N) is 1. The Labute approximate surface area is 181 Å². The van der Waals surface area contributed by atoms with Crippen molar-refractivity contribution in [1.29, 1.82) is 0 Å². The van der Waals surface area contributed by atoms with E-state index in [1.54, 1.807) is 54.4 Å². The van der Waals surface area contributed by atoms with Crippen LogP contribution in [0, 0.1) is 6.92 Å². The minimum atomic E-state index is -3.28. The summed E-state index contributed by atoms with van der Waals surface area (Å²) in [4.78, 5) is 27.2. The van der Waals surface area contributed by atoms with Crippen molar-refractivity contribution in [3.05, 3.63) is 83.3 Å². The molecular weight excluding hydrogens is 416 g/mol. The third-order valence-corrected chi connectivity index (χ3v) is 6.30. The fourth-order valence-electron chi connectivity index (χ4n) is 3.08. The monoisotopic (exact) mass is 440 g/mol. The van der Waals surface area contributed by atoms with Crippen molar-refractivity contribution in [2.45, 2.75) is 24.8 Å². The highest BCUT2D eigenvalue weighted by Gasteiger charge is 2.21. The Hall–Kier alpha value is -3.39. The van der Waals surface area contributed by atoms with Crippen LogP contribution >= 0.6 is 0 Å². The van der Waals surface area contributed by atoms with Crippen molar-refractivity contribution in [3.63, 3.8) is 0 Å². The van der Waals surface area contributed by atoms with E-state index in [0.29, 0.717) is 11.3 Å². The largest absolute Gasteiger partial charge is 0.459 e. The van der Waals surface area contributed by atoms with Gasteiger partial charge in [0.1, 0.15) is 0 Å². The molecular formula is C23H24N2O5S. The van der Waals surface area contributed by atoms with Gasteiger partial charge in [0.05, 0.1) is 17.2 Å². The van der Waals surface area contributed by atoms with Gasteiger partial charge in [0.15, 0.2) is 15.6 Å². The molecule has 0 bridgehead atoms. The van der Waals surface area contributed by atoms with Gasteiger partial charge in [0, 0.05) is 24.6 Å². The molecule has 8 heteroatoms. The molecule has 2 aromatic carbocycles. The lowest BCUT2D eigenvalue weighted by molar-refractivity contribution is 0.0742. The maximum absolute atomic E-state index is 13.1. The smallest absolute Gasteiger partial charge is 0.291 e. The first-order valence-corrected chi connectivity index (χ1v) is 11.5. The second-order valence-electron chi connectivity index (χ2n) is 7.39. The summed E-state index contributed by atoms with van der Waals surface area (Å²) in [5.74, 6) is -0.446. The van der Waals surface area contributed by atoms with Gasteiger partial charge in [-0.25, -0.2) is 8.42 Å². The molecule has 7 nitrogen and oxygen atoms in total. The summed E-state index contributed by atoms with van der Waals surface area (Å²) in [6, 6.07) is 14.5. The average Bonchev–Trinajstić information content (AvgIpc) is 3.28. The fourth-order valence-corrected chi connectivity index (χ4v) is 3.71. The molecule has 0 spiro atoms. The zero-order chi connectivity index (χ0) is 22.8. The van der Waals surface area contributed by atoms with Crippen molar-refractivity contribution >= 4 is 27.3 Å². The molecule has 1 atom stereocenters. The number of hydrogen-bond acceptors (Lipinski definition) is 5. The summed E-state index contributed by atoms with van der Waals surface area (Å²) in [6.07, 6.45) is 2.57. The van der Waals surface area contributed by atoms with Gasteiger partial charge < -0.3 is 14.6 Å². The van der Waals surface area contributed by atoms with Gasteiger partial charge in [0.2, 0.25) is 0 Å². The summed E-state index contributed by atoms with van der Waals surface area (Å²) >= 11 is 0. The van der Waals surface area contributed by atoms with Gasteiger partial charge in [-0.2, -0.15) is 0 Å². The van der Waals surface area contributed by atoms with Gasteiger partial charge in [-0.1, -0.05) is 18.2 Å². The lowest BCUT2D eigenvalue weighted by atomic mass is 10.0. The van der Waals surface area contributed by atoms with Crippen LogP contribution in [0.1, 0.15) is 45.0 Å².